The maximum atomic E-state index is 2.34. The minimum atomic E-state index is 1.24. The van der Waals surface area contributed by atoms with Crippen molar-refractivity contribution >= 4 is 0 Å². The summed E-state index contributed by atoms with van der Waals surface area (Å²) in [6.45, 7) is 4.42. The molecule has 0 amide bonds. The fraction of sp³-hybridized carbons (Fsp3) is 0.857. The van der Waals surface area contributed by atoms with Crippen molar-refractivity contribution in [2.24, 2.45) is 0 Å². The van der Waals surface area contributed by atoms with Gasteiger partial charge in [0.1, 0.15) is 0 Å². The van der Waals surface area contributed by atoms with Crippen molar-refractivity contribution in [1.82, 2.24) is 0 Å². The molecule has 0 nitrogen and oxygen atoms in total. The fourth-order valence-electron chi connectivity index (χ4n) is 0.553. The zero-order valence-corrected chi connectivity index (χ0v) is 5.41. The van der Waals surface area contributed by atoms with Gasteiger partial charge < -0.3 is 6.42 Å². The van der Waals surface area contributed by atoms with Gasteiger partial charge in [-0.05, 0) is 0 Å². The van der Waals surface area contributed by atoms with Gasteiger partial charge in [0.2, 0.25) is 0 Å². The lowest BCUT2D eigenvalue weighted by molar-refractivity contribution is 0.761. The third kappa shape index (κ3) is 6.00. The molecule has 7 heavy (non-hydrogen) atoms. The van der Waals surface area contributed by atoms with Crippen LogP contribution in [0.15, 0.2) is 0 Å². The molecule has 0 rings (SSSR count). The average Bonchev–Trinajstić information content (AvgIpc) is 1.69. The molecule has 44 valence electrons. The summed E-state index contributed by atoms with van der Waals surface area (Å²) < 4.78 is 0. The molecule has 0 saturated heterocycles. The average molecular weight is 99.2 g/mol. The third-order valence-electron chi connectivity index (χ3n) is 1.05. The minimum Gasteiger partial charge on any atom is -0.329 e. The summed E-state index contributed by atoms with van der Waals surface area (Å²) in [6.07, 6.45) is 7.58. The van der Waals surface area contributed by atoms with Crippen LogP contribution in [0.5, 0.6) is 0 Å². The first-order chi connectivity index (χ1) is 3.41. The first-order valence-corrected chi connectivity index (χ1v) is 3.23. The van der Waals surface area contributed by atoms with E-state index in [0.717, 1.165) is 0 Å². The largest absolute Gasteiger partial charge is 0.329 e. The molecule has 0 saturated carbocycles. The second-order valence-electron chi connectivity index (χ2n) is 1.84. The van der Waals surface area contributed by atoms with Crippen LogP contribution < -0.4 is 0 Å². The molecule has 0 aromatic carbocycles. The first kappa shape index (κ1) is 7.00. The van der Waals surface area contributed by atoms with E-state index >= 15 is 0 Å². The maximum Gasteiger partial charge on any atom is -0.0586 e. The second kappa shape index (κ2) is 6.00. The molecule has 0 aromatic heterocycles. The summed E-state index contributed by atoms with van der Waals surface area (Å²) in [5.41, 5.74) is 0. The minimum absolute atomic E-state index is 1.24. The van der Waals surface area contributed by atoms with Crippen LogP contribution in [0.3, 0.4) is 0 Å². The molecule has 0 N–H and O–H groups in total. The number of rotatable bonds is 4. The summed E-state index contributed by atoms with van der Waals surface area (Å²) in [4.78, 5) is 0. The van der Waals surface area contributed by atoms with E-state index in [2.05, 4.69) is 20.3 Å². The second-order valence-corrected chi connectivity index (χ2v) is 1.84. The van der Waals surface area contributed by atoms with Crippen molar-refractivity contribution in [3.63, 3.8) is 0 Å². The van der Waals surface area contributed by atoms with E-state index in [-0.39, 0.29) is 0 Å². The smallest absolute Gasteiger partial charge is 0.0586 e. The summed E-state index contributed by atoms with van der Waals surface area (Å²) in [7, 11) is 0. The predicted molar refractivity (Wildman–Crippen MR) is 34.1 cm³/mol. The lowest BCUT2D eigenvalue weighted by atomic mass is 10.2. The van der Waals surface area contributed by atoms with E-state index in [9.17, 15) is 0 Å². The molecule has 0 atom stereocenters. The van der Waals surface area contributed by atoms with Crippen molar-refractivity contribution in [3.05, 3.63) is 6.42 Å². The van der Waals surface area contributed by atoms with Gasteiger partial charge in [0.15, 0.2) is 0 Å². The van der Waals surface area contributed by atoms with Gasteiger partial charge in [-0.3, -0.25) is 0 Å². The van der Waals surface area contributed by atoms with Crippen LogP contribution >= 0.6 is 0 Å². The summed E-state index contributed by atoms with van der Waals surface area (Å²) in [6, 6.07) is 0. The van der Waals surface area contributed by atoms with E-state index in [1.54, 1.807) is 0 Å². The highest BCUT2D eigenvalue weighted by molar-refractivity contribution is 4.59. The van der Waals surface area contributed by atoms with Gasteiger partial charge in [-0.25, -0.2) is 0 Å². The van der Waals surface area contributed by atoms with Crippen LogP contribution in [-0.2, 0) is 0 Å². The Morgan fingerprint density at radius 3 is 2.43 bits per heavy atom. The van der Waals surface area contributed by atoms with E-state index in [1.807, 2.05) is 0 Å². The van der Waals surface area contributed by atoms with Crippen LogP contribution in [0.4, 0.5) is 0 Å². The van der Waals surface area contributed by atoms with Crippen LogP contribution in [0.1, 0.15) is 39.5 Å². The standard InChI is InChI=1S/C7H15/c1-3-5-7-6-4-2/h5H,3-4,6-7H2,1-2H3/q-1. The van der Waals surface area contributed by atoms with E-state index < -0.39 is 0 Å². The quantitative estimate of drug-likeness (QED) is 0.375. The molecule has 0 fully saturated rings. The van der Waals surface area contributed by atoms with E-state index in [4.69, 9.17) is 0 Å². The summed E-state index contributed by atoms with van der Waals surface area (Å²) in [5, 5.41) is 0. The Balaban J connectivity index is 2.45. The Morgan fingerprint density at radius 2 is 2.00 bits per heavy atom. The number of unbranched alkanes of at least 4 members (excludes halogenated alkanes) is 4. The van der Waals surface area contributed by atoms with Gasteiger partial charge in [-0.2, -0.15) is 12.8 Å². The van der Waals surface area contributed by atoms with E-state index in [1.165, 1.54) is 25.7 Å². The molecule has 0 radical (unpaired) electrons. The molecule has 0 heteroatoms. The van der Waals surface area contributed by atoms with Gasteiger partial charge in [-0.1, -0.05) is 26.7 Å². The van der Waals surface area contributed by atoms with Gasteiger partial charge in [0.25, 0.3) is 0 Å². The Bertz CT molecular complexity index is 19.2. The maximum absolute atomic E-state index is 2.34. The molecule has 0 aromatic rings. The van der Waals surface area contributed by atoms with Crippen molar-refractivity contribution in [1.29, 1.82) is 0 Å². The molecule has 0 aliphatic heterocycles. The molecule has 0 bridgehead atoms. The van der Waals surface area contributed by atoms with Gasteiger partial charge >= 0.3 is 0 Å². The molecule has 0 heterocycles. The Kier molecular flexibility index (Phi) is 6.00. The summed E-state index contributed by atoms with van der Waals surface area (Å²) >= 11 is 0. The number of hydrogen-bond acceptors (Lipinski definition) is 0. The molecule has 0 aliphatic carbocycles. The Hall–Kier alpha value is 0. The van der Waals surface area contributed by atoms with Crippen LogP contribution in [-0.4, -0.2) is 0 Å². The van der Waals surface area contributed by atoms with Crippen LogP contribution in [0.25, 0.3) is 0 Å². The van der Waals surface area contributed by atoms with Crippen molar-refractivity contribution < 1.29 is 0 Å². The van der Waals surface area contributed by atoms with Gasteiger partial charge in [-0.15, -0.1) is 0 Å². The van der Waals surface area contributed by atoms with Crippen LogP contribution in [0.2, 0.25) is 0 Å². The van der Waals surface area contributed by atoms with E-state index in [0.29, 0.717) is 0 Å². The zero-order valence-electron chi connectivity index (χ0n) is 5.41. The van der Waals surface area contributed by atoms with Crippen LogP contribution in [0, 0.1) is 6.42 Å². The Morgan fingerprint density at radius 1 is 1.29 bits per heavy atom. The van der Waals surface area contributed by atoms with Gasteiger partial charge in [0.05, 0.1) is 0 Å². The van der Waals surface area contributed by atoms with Crippen molar-refractivity contribution in [2.75, 3.05) is 0 Å². The first-order valence-electron chi connectivity index (χ1n) is 3.23. The molecule has 0 aliphatic rings. The van der Waals surface area contributed by atoms with Crippen molar-refractivity contribution in [3.8, 4) is 0 Å². The summed E-state index contributed by atoms with van der Waals surface area (Å²) in [5.74, 6) is 0. The molecule has 0 spiro atoms. The monoisotopic (exact) mass is 99.1 g/mol. The topological polar surface area (TPSA) is 0 Å². The predicted octanol–water partition coefficient (Wildman–Crippen LogP) is 2.79. The normalized spacial score (nSPS) is 9.43. The lowest BCUT2D eigenvalue weighted by Crippen LogP contribution is -1.72. The van der Waals surface area contributed by atoms with Crippen molar-refractivity contribution in [2.45, 2.75) is 39.5 Å². The molecular formula is C7H15-. The highest BCUT2D eigenvalue weighted by atomic mass is 13.9. The molecule has 0 unspecified atom stereocenters. The molecular weight excluding hydrogens is 84.1 g/mol. The SMILES string of the molecule is CC[CH-]CCCC. The van der Waals surface area contributed by atoms with Gasteiger partial charge in [0, 0.05) is 0 Å². The zero-order chi connectivity index (χ0) is 5.54. The fourth-order valence-corrected chi connectivity index (χ4v) is 0.553. The Labute approximate surface area is 46.9 Å². The third-order valence-corrected chi connectivity index (χ3v) is 1.05. The highest BCUT2D eigenvalue weighted by Gasteiger charge is 1.70. The lowest BCUT2D eigenvalue weighted by Gasteiger charge is -2.03. The number of hydrogen-bond donors (Lipinski definition) is 0. The highest BCUT2D eigenvalue weighted by Crippen LogP contribution is 1.98.